The molecule has 12 aromatic rings. The average Bonchev–Trinajstić information content (AvgIpc) is 3.97. The standard InChI is InChI=1S/C49H27N5O2S/c1-3-11-28(12-4-1)43-45-44(36-16-7-9-17-38(36)56-45)51-47(50-43)31-19-22-33-37-25-30(21-24-39(37)55-40(33)26-31)48-52-46(29-13-5-2-6-14-29)53-49(54-48)32-20-23-35-34-15-8-10-18-41(34)57-42(35)27-32/h1-27H. The van der Waals surface area contributed by atoms with E-state index in [9.17, 15) is 0 Å². The number of hydrogen-bond acceptors (Lipinski definition) is 8. The van der Waals surface area contributed by atoms with Gasteiger partial charge in [0.05, 0.1) is 0 Å². The zero-order valence-electron chi connectivity index (χ0n) is 30.0. The van der Waals surface area contributed by atoms with E-state index >= 15 is 0 Å². The molecule has 8 heteroatoms. The third-order valence-electron chi connectivity index (χ3n) is 10.6. The van der Waals surface area contributed by atoms with Crippen LogP contribution in [0.5, 0.6) is 0 Å². The lowest BCUT2D eigenvalue weighted by Gasteiger charge is -2.09. The van der Waals surface area contributed by atoms with Gasteiger partial charge >= 0.3 is 0 Å². The molecule has 0 radical (unpaired) electrons. The summed E-state index contributed by atoms with van der Waals surface area (Å²) < 4.78 is 15.3. The summed E-state index contributed by atoms with van der Waals surface area (Å²) in [4.78, 5) is 25.3. The number of para-hydroxylation sites is 1. The first kappa shape index (κ1) is 31.8. The van der Waals surface area contributed by atoms with Crippen LogP contribution >= 0.6 is 11.3 Å². The Hall–Kier alpha value is -7.55. The number of hydrogen-bond donors (Lipinski definition) is 0. The summed E-state index contributed by atoms with van der Waals surface area (Å²) in [5.41, 5.74) is 9.00. The monoisotopic (exact) mass is 749 g/mol. The van der Waals surface area contributed by atoms with Crippen LogP contribution in [0.15, 0.2) is 173 Å². The zero-order chi connectivity index (χ0) is 37.5. The molecule has 57 heavy (non-hydrogen) atoms. The zero-order valence-corrected chi connectivity index (χ0v) is 30.9. The molecule has 0 unspecified atom stereocenters. The average molecular weight is 750 g/mol. The van der Waals surface area contributed by atoms with Crippen molar-refractivity contribution in [3.05, 3.63) is 164 Å². The Morgan fingerprint density at radius 2 is 0.912 bits per heavy atom. The van der Waals surface area contributed by atoms with E-state index in [0.29, 0.717) is 28.9 Å². The van der Waals surface area contributed by atoms with E-state index in [2.05, 4.69) is 60.7 Å². The molecule has 0 saturated heterocycles. The highest BCUT2D eigenvalue weighted by Crippen LogP contribution is 2.39. The van der Waals surface area contributed by atoms with Gasteiger partial charge in [-0.05, 0) is 54.6 Å². The number of rotatable bonds is 5. The molecule has 0 bridgehead atoms. The number of aromatic nitrogens is 5. The Bertz CT molecular complexity index is 3540. The molecule has 0 spiro atoms. The third kappa shape index (κ3) is 5.22. The number of benzene rings is 7. The highest BCUT2D eigenvalue weighted by Gasteiger charge is 2.20. The molecule has 0 aliphatic rings. The molecule has 0 atom stereocenters. The van der Waals surface area contributed by atoms with Crippen LogP contribution in [-0.2, 0) is 0 Å². The maximum Gasteiger partial charge on any atom is 0.180 e. The van der Waals surface area contributed by atoms with E-state index in [1.807, 2.05) is 103 Å². The van der Waals surface area contributed by atoms with Crippen LogP contribution in [0.25, 0.3) is 121 Å². The topological polar surface area (TPSA) is 90.7 Å². The van der Waals surface area contributed by atoms with E-state index in [1.165, 1.54) is 20.2 Å². The summed E-state index contributed by atoms with van der Waals surface area (Å²) in [6, 6.07) is 55.4. The quantitative estimate of drug-likeness (QED) is 0.173. The Labute approximate surface area is 328 Å². The number of nitrogens with zero attached hydrogens (tertiary/aromatic N) is 5. The van der Waals surface area contributed by atoms with Crippen LogP contribution in [0.4, 0.5) is 0 Å². The summed E-state index contributed by atoms with van der Waals surface area (Å²) in [5.74, 6) is 2.42. The number of furan rings is 2. The number of fused-ring (bicyclic) bond motifs is 9. The van der Waals surface area contributed by atoms with Gasteiger partial charge in [0.2, 0.25) is 0 Å². The van der Waals surface area contributed by atoms with Gasteiger partial charge in [0.1, 0.15) is 28.0 Å². The molecule has 0 N–H and O–H groups in total. The van der Waals surface area contributed by atoms with Crippen LogP contribution in [0.3, 0.4) is 0 Å². The van der Waals surface area contributed by atoms with Crippen molar-refractivity contribution >= 4 is 75.5 Å². The van der Waals surface area contributed by atoms with Gasteiger partial charge in [-0.3, -0.25) is 0 Å². The minimum absolute atomic E-state index is 0.589. The molecule has 266 valence electrons. The fourth-order valence-corrected chi connectivity index (χ4v) is 8.93. The van der Waals surface area contributed by atoms with Gasteiger partial charge in [0, 0.05) is 64.1 Å². The molecule has 0 saturated carbocycles. The maximum atomic E-state index is 6.49. The summed E-state index contributed by atoms with van der Waals surface area (Å²) >= 11 is 1.78. The first-order valence-electron chi connectivity index (χ1n) is 18.7. The van der Waals surface area contributed by atoms with Crippen LogP contribution in [0.2, 0.25) is 0 Å². The van der Waals surface area contributed by atoms with Gasteiger partial charge in [-0.2, -0.15) is 0 Å². The summed E-state index contributed by atoms with van der Waals surface area (Å²) in [6.07, 6.45) is 0. The highest BCUT2D eigenvalue weighted by atomic mass is 32.1. The van der Waals surface area contributed by atoms with Crippen molar-refractivity contribution in [3.63, 3.8) is 0 Å². The molecule has 5 aromatic heterocycles. The highest BCUT2D eigenvalue weighted by molar-refractivity contribution is 7.25. The second kappa shape index (κ2) is 12.5. The van der Waals surface area contributed by atoms with Crippen molar-refractivity contribution in [1.29, 1.82) is 0 Å². The fraction of sp³-hybridized carbons (Fsp3) is 0. The second-order valence-corrected chi connectivity index (χ2v) is 15.1. The molecule has 12 rings (SSSR count). The number of thiophene rings is 1. The first-order valence-corrected chi connectivity index (χ1v) is 19.5. The van der Waals surface area contributed by atoms with Crippen LogP contribution < -0.4 is 0 Å². The molecule has 0 amide bonds. The molecular weight excluding hydrogens is 723 g/mol. The summed E-state index contributed by atoms with van der Waals surface area (Å²) in [7, 11) is 0. The van der Waals surface area contributed by atoms with Crippen LogP contribution in [0.1, 0.15) is 0 Å². The molecule has 7 aromatic carbocycles. The lowest BCUT2D eigenvalue weighted by atomic mass is 10.1. The summed E-state index contributed by atoms with van der Waals surface area (Å²) in [5, 5.41) is 5.38. The largest absolute Gasteiger partial charge is 0.456 e. The molecule has 0 aliphatic heterocycles. The van der Waals surface area contributed by atoms with Crippen LogP contribution in [0, 0.1) is 0 Å². The predicted octanol–water partition coefficient (Wildman–Crippen LogP) is 13.2. The Kier molecular flexibility index (Phi) is 6.96. The van der Waals surface area contributed by atoms with E-state index in [4.69, 9.17) is 33.8 Å². The van der Waals surface area contributed by atoms with Gasteiger partial charge < -0.3 is 8.83 Å². The van der Waals surface area contributed by atoms with Crippen LogP contribution in [-0.4, -0.2) is 24.9 Å². The Balaban J connectivity index is 0.984. The SMILES string of the molecule is c1ccc(-c2nc(-c3ccc4c(c3)sc3ccccc34)nc(-c3ccc4oc5cc(-c6nc(-c7ccccc7)c7oc8ccccc8c7n6)ccc5c4c3)n2)cc1. The normalized spacial score (nSPS) is 11.9. The van der Waals surface area contributed by atoms with E-state index in [0.717, 1.165) is 71.9 Å². The minimum atomic E-state index is 0.589. The third-order valence-corrected chi connectivity index (χ3v) is 11.7. The smallest absolute Gasteiger partial charge is 0.180 e. The predicted molar refractivity (Wildman–Crippen MR) is 230 cm³/mol. The minimum Gasteiger partial charge on any atom is -0.456 e. The van der Waals surface area contributed by atoms with Crippen molar-refractivity contribution < 1.29 is 8.83 Å². The lowest BCUT2D eigenvalue weighted by molar-refractivity contribution is 0.667. The van der Waals surface area contributed by atoms with Crippen molar-refractivity contribution in [2.45, 2.75) is 0 Å². The van der Waals surface area contributed by atoms with E-state index in [-0.39, 0.29) is 0 Å². The summed E-state index contributed by atoms with van der Waals surface area (Å²) in [6.45, 7) is 0. The lowest BCUT2D eigenvalue weighted by Crippen LogP contribution is -2.00. The van der Waals surface area contributed by atoms with Gasteiger partial charge in [-0.25, -0.2) is 24.9 Å². The van der Waals surface area contributed by atoms with E-state index < -0.39 is 0 Å². The van der Waals surface area contributed by atoms with Gasteiger partial charge in [-0.1, -0.05) is 109 Å². The van der Waals surface area contributed by atoms with Gasteiger partial charge in [-0.15, -0.1) is 11.3 Å². The molecule has 7 nitrogen and oxygen atoms in total. The van der Waals surface area contributed by atoms with Crippen molar-refractivity contribution in [1.82, 2.24) is 24.9 Å². The Morgan fingerprint density at radius 3 is 1.72 bits per heavy atom. The Morgan fingerprint density at radius 1 is 0.333 bits per heavy atom. The first-order chi connectivity index (χ1) is 28.2. The molecule has 0 aliphatic carbocycles. The fourth-order valence-electron chi connectivity index (χ4n) is 7.78. The molecule has 5 heterocycles. The van der Waals surface area contributed by atoms with Gasteiger partial charge in [0.15, 0.2) is 28.9 Å². The van der Waals surface area contributed by atoms with Gasteiger partial charge in [0.25, 0.3) is 0 Å². The van der Waals surface area contributed by atoms with Crippen molar-refractivity contribution in [3.8, 4) is 56.8 Å². The molecule has 0 fully saturated rings. The van der Waals surface area contributed by atoms with Crippen molar-refractivity contribution in [2.24, 2.45) is 0 Å². The molecular formula is C49H27N5O2S. The van der Waals surface area contributed by atoms with E-state index in [1.54, 1.807) is 11.3 Å². The van der Waals surface area contributed by atoms with Crippen molar-refractivity contribution in [2.75, 3.05) is 0 Å². The maximum absolute atomic E-state index is 6.49. The second-order valence-electron chi connectivity index (χ2n) is 14.0.